The Bertz CT molecular complexity index is 1200. The summed E-state index contributed by atoms with van der Waals surface area (Å²) in [6.45, 7) is 5.50. The molecule has 0 fully saturated rings. The highest BCUT2D eigenvalue weighted by Gasteiger charge is 2.23. The Morgan fingerprint density at radius 3 is 2.71 bits per heavy atom. The number of ether oxygens (including phenoxy) is 1. The molecular formula is C26H25N3O2. The van der Waals surface area contributed by atoms with Gasteiger partial charge >= 0.3 is 0 Å². The van der Waals surface area contributed by atoms with Gasteiger partial charge in [-0.05, 0) is 35.7 Å². The number of rotatable bonds is 6. The third-order valence-corrected chi connectivity index (χ3v) is 5.40. The molecule has 0 radical (unpaired) electrons. The highest BCUT2D eigenvalue weighted by Crippen LogP contribution is 2.32. The molecule has 0 spiro atoms. The fourth-order valence-electron chi connectivity index (χ4n) is 3.71. The number of hydrogen-bond acceptors (Lipinski definition) is 4. The molecule has 5 nitrogen and oxygen atoms in total. The molecule has 2 aromatic carbocycles. The third-order valence-electron chi connectivity index (χ3n) is 5.40. The predicted molar refractivity (Wildman–Crippen MR) is 125 cm³/mol. The second kappa shape index (κ2) is 8.93. The van der Waals surface area contributed by atoms with Crippen molar-refractivity contribution >= 4 is 11.4 Å². The molecule has 4 rings (SSSR count). The number of fused-ring (bicyclic) bond motifs is 1. The van der Waals surface area contributed by atoms with Gasteiger partial charge < -0.3 is 14.6 Å². The number of nitrogens with one attached hydrogen (secondary N) is 1. The molecule has 0 saturated heterocycles. The molecule has 0 bridgehead atoms. The minimum absolute atomic E-state index is 0.0860. The van der Waals surface area contributed by atoms with Gasteiger partial charge in [-0.25, -0.2) is 0 Å². The zero-order valence-electron chi connectivity index (χ0n) is 17.8. The molecule has 5 heteroatoms. The lowest BCUT2D eigenvalue weighted by Gasteiger charge is -2.30. The number of aromatic nitrogens is 1. The zero-order chi connectivity index (χ0) is 21.8. The highest BCUT2D eigenvalue weighted by atomic mass is 16.5. The Balaban J connectivity index is 1.73. The molecule has 1 aliphatic rings. The van der Waals surface area contributed by atoms with Gasteiger partial charge in [0, 0.05) is 28.6 Å². The maximum absolute atomic E-state index is 12.2. The summed E-state index contributed by atoms with van der Waals surface area (Å²) in [6.07, 6.45) is 6.99. The molecule has 1 aliphatic heterocycles. The topological polar surface area (TPSA) is 57.7 Å². The fraction of sp³-hybridized carbons (Fsp3) is 0.231. The molecule has 0 unspecified atom stereocenters. The van der Waals surface area contributed by atoms with E-state index in [0.29, 0.717) is 30.4 Å². The number of terminal acetylenes is 1. The standard InChI is InChI=1S/C26H25N3O2/c1-4-14-31-22-11-12-24-23(15-22)25(20-9-7-19(8-10-20)18(2)3)28-17-29(24)16-21-6-5-13-27-26(21)30/h1,5-13,15,18H,14,16-17H2,2-3H3,(H,27,30). The summed E-state index contributed by atoms with van der Waals surface area (Å²) in [5.41, 5.74) is 5.83. The van der Waals surface area contributed by atoms with Crippen molar-refractivity contribution in [1.29, 1.82) is 0 Å². The molecule has 1 N–H and O–H groups in total. The van der Waals surface area contributed by atoms with Gasteiger partial charge in [0.15, 0.2) is 0 Å². The van der Waals surface area contributed by atoms with E-state index in [1.54, 1.807) is 6.20 Å². The molecule has 0 saturated carbocycles. The minimum atomic E-state index is -0.0860. The van der Waals surface area contributed by atoms with Crippen LogP contribution in [0.15, 0.2) is 70.6 Å². The van der Waals surface area contributed by atoms with Crippen molar-refractivity contribution in [2.24, 2.45) is 4.99 Å². The molecule has 156 valence electrons. The van der Waals surface area contributed by atoms with E-state index in [1.807, 2.05) is 30.3 Å². The molecule has 1 aromatic heterocycles. The third kappa shape index (κ3) is 4.39. The normalized spacial score (nSPS) is 12.8. The lowest BCUT2D eigenvalue weighted by atomic mass is 9.95. The van der Waals surface area contributed by atoms with Crippen molar-refractivity contribution in [2.45, 2.75) is 26.3 Å². The second-order valence-electron chi connectivity index (χ2n) is 7.82. The number of H-pyrrole nitrogens is 1. The van der Waals surface area contributed by atoms with Crippen molar-refractivity contribution in [3.05, 3.63) is 93.4 Å². The Kier molecular flexibility index (Phi) is 5.90. The SMILES string of the molecule is C#CCOc1ccc2c(c1)C(c1ccc(C(C)C)cc1)=NCN2Cc1ccc[nH]c1=O. The van der Waals surface area contributed by atoms with Crippen LogP contribution >= 0.6 is 0 Å². The van der Waals surface area contributed by atoms with E-state index in [-0.39, 0.29) is 12.2 Å². The number of anilines is 1. The number of aliphatic imine (C=N–C) groups is 1. The van der Waals surface area contributed by atoms with Crippen LogP contribution in [-0.2, 0) is 6.54 Å². The summed E-state index contributed by atoms with van der Waals surface area (Å²) in [4.78, 5) is 21.9. The number of nitrogens with zero attached hydrogens (tertiary/aromatic N) is 2. The van der Waals surface area contributed by atoms with E-state index in [0.717, 1.165) is 22.5 Å². The van der Waals surface area contributed by atoms with E-state index >= 15 is 0 Å². The molecular weight excluding hydrogens is 386 g/mol. The van der Waals surface area contributed by atoms with Crippen LogP contribution < -0.4 is 15.2 Å². The molecule has 2 heterocycles. The van der Waals surface area contributed by atoms with Gasteiger partial charge in [0.2, 0.25) is 0 Å². The smallest absolute Gasteiger partial charge is 0.252 e. The van der Waals surface area contributed by atoms with Crippen LogP contribution in [0.5, 0.6) is 5.75 Å². The summed E-state index contributed by atoms with van der Waals surface area (Å²) in [7, 11) is 0. The Labute approximate surface area is 182 Å². The first-order valence-electron chi connectivity index (χ1n) is 10.3. The van der Waals surface area contributed by atoms with Crippen LogP contribution in [0.1, 0.15) is 42.0 Å². The van der Waals surface area contributed by atoms with Crippen molar-refractivity contribution in [1.82, 2.24) is 4.98 Å². The van der Waals surface area contributed by atoms with Crippen molar-refractivity contribution in [3.63, 3.8) is 0 Å². The molecule has 0 amide bonds. The largest absolute Gasteiger partial charge is 0.481 e. The minimum Gasteiger partial charge on any atom is -0.481 e. The van der Waals surface area contributed by atoms with Crippen LogP contribution in [0.25, 0.3) is 0 Å². The number of hydrogen-bond donors (Lipinski definition) is 1. The van der Waals surface area contributed by atoms with Crippen molar-refractivity contribution in [2.75, 3.05) is 18.2 Å². The van der Waals surface area contributed by atoms with E-state index in [2.05, 4.69) is 53.9 Å². The first-order valence-corrected chi connectivity index (χ1v) is 10.3. The van der Waals surface area contributed by atoms with Gasteiger partial charge in [0.1, 0.15) is 19.0 Å². The molecule has 3 aromatic rings. The quantitative estimate of drug-likeness (QED) is 0.615. The first kappa shape index (κ1) is 20.5. The highest BCUT2D eigenvalue weighted by molar-refractivity contribution is 6.17. The Morgan fingerprint density at radius 2 is 2.00 bits per heavy atom. The van der Waals surface area contributed by atoms with E-state index < -0.39 is 0 Å². The van der Waals surface area contributed by atoms with Gasteiger partial charge in [-0.3, -0.25) is 9.79 Å². The van der Waals surface area contributed by atoms with Crippen molar-refractivity contribution < 1.29 is 4.74 Å². The monoisotopic (exact) mass is 411 g/mol. The van der Waals surface area contributed by atoms with Crippen molar-refractivity contribution in [3.8, 4) is 18.1 Å². The average Bonchev–Trinajstić information content (AvgIpc) is 2.79. The summed E-state index contributed by atoms with van der Waals surface area (Å²) in [5, 5.41) is 0. The fourth-order valence-corrected chi connectivity index (χ4v) is 3.71. The summed E-state index contributed by atoms with van der Waals surface area (Å²) in [5.74, 6) is 3.67. The average molecular weight is 412 g/mol. The van der Waals surface area contributed by atoms with Gasteiger partial charge in [-0.2, -0.15) is 0 Å². The van der Waals surface area contributed by atoms with Gasteiger partial charge in [0.05, 0.1) is 12.3 Å². The number of aromatic amines is 1. The van der Waals surface area contributed by atoms with Gasteiger partial charge in [0.25, 0.3) is 5.56 Å². The Morgan fingerprint density at radius 1 is 1.19 bits per heavy atom. The van der Waals surface area contributed by atoms with Crippen LogP contribution in [0, 0.1) is 12.3 Å². The lowest BCUT2D eigenvalue weighted by Crippen LogP contribution is -2.32. The number of benzene rings is 2. The molecule has 0 aliphatic carbocycles. The second-order valence-corrected chi connectivity index (χ2v) is 7.82. The summed E-state index contributed by atoms with van der Waals surface area (Å²) in [6, 6.07) is 18.1. The Hall–Kier alpha value is -3.78. The van der Waals surface area contributed by atoms with Crippen LogP contribution in [0.3, 0.4) is 0 Å². The van der Waals surface area contributed by atoms with Crippen LogP contribution in [0.4, 0.5) is 5.69 Å². The van der Waals surface area contributed by atoms with Gasteiger partial charge in [-0.15, -0.1) is 6.42 Å². The molecule has 0 atom stereocenters. The predicted octanol–water partition coefficient (Wildman–Crippen LogP) is 4.33. The number of pyridine rings is 1. The zero-order valence-corrected chi connectivity index (χ0v) is 17.8. The first-order chi connectivity index (χ1) is 15.1. The van der Waals surface area contributed by atoms with Gasteiger partial charge in [-0.1, -0.05) is 50.1 Å². The van der Waals surface area contributed by atoms with E-state index in [1.165, 1.54) is 5.56 Å². The van der Waals surface area contributed by atoms with Crippen LogP contribution in [0.2, 0.25) is 0 Å². The lowest BCUT2D eigenvalue weighted by molar-refractivity contribution is 0.370. The van der Waals surface area contributed by atoms with E-state index in [4.69, 9.17) is 16.2 Å². The maximum atomic E-state index is 12.2. The van der Waals surface area contributed by atoms with Crippen LogP contribution in [-0.4, -0.2) is 24.0 Å². The van der Waals surface area contributed by atoms with E-state index in [9.17, 15) is 4.79 Å². The molecule has 31 heavy (non-hydrogen) atoms. The maximum Gasteiger partial charge on any atom is 0.252 e. The summed E-state index contributed by atoms with van der Waals surface area (Å²) < 4.78 is 5.66. The summed E-state index contributed by atoms with van der Waals surface area (Å²) >= 11 is 0.